The lowest BCUT2D eigenvalue weighted by molar-refractivity contribution is 0.184. The van der Waals surface area contributed by atoms with Gasteiger partial charge < -0.3 is 14.2 Å². The number of rotatable bonds is 9. The van der Waals surface area contributed by atoms with Crippen LogP contribution in [-0.4, -0.2) is 26.9 Å². The van der Waals surface area contributed by atoms with Gasteiger partial charge in [-0.2, -0.15) is 4.39 Å². The van der Waals surface area contributed by atoms with Crippen LogP contribution in [-0.2, 0) is 4.74 Å². The van der Waals surface area contributed by atoms with Crippen LogP contribution in [0.3, 0.4) is 0 Å². The van der Waals surface area contributed by atoms with Gasteiger partial charge in [-0.1, -0.05) is 12.1 Å². The smallest absolute Gasteiger partial charge is 0.201 e. The van der Waals surface area contributed by atoms with Crippen LogP contribution >= 0.6 is 0 Å². The fraction of sp³-hybridized carbons (Fsp3) is 0.368. The molecule has 0 amide bonds. The highest BCUT2D eigenvalue weighted by Gasteiger charge is 2.15. The second-order valence-corrected chi connectivity index (χ2v) is 5.24. The molecule has 2 aromatic carbocycles. The van der Waals surface area contributed by atoms with Crippen LogP contribution in [0.25, 0.3) is 11.1 Å². The normalized spacial score (nSPS) is 10.7. The molecule has 0 saturated heterocycles. The molecule has 0 fully saturated rings. The number of hydrogen-bond acceptors (Lipinski definition) is 3. The Morgan fingerprint density at radius 1 is 0.833 bits per heavy atom. The molecule has 0 heterocycles. The summed E-state index contributed by atoms with van der Waals surface area (Å²) in [5.74, 6) is -1.25. The molecule has 0 aliphatic rings. The highest BCUT2D eigenvalue weighted by Crippen LogP contribution is 2.30. The van der Waals surface area contributed by atoms with E-state index in [1.807, 2.05) is 0 Å². The Kier molecular flexibility index (Phi) is 7.00. The van der Waals surface area contributed by atoms with Crippen LogP contribution in [0, 0.1) is 11.6 Å². The molecule has 0 atom stereocenters. The Morgan fingerprint density at radius 2 is 1.54 bits per heavy atom. The molecule has 130 valence electrons. The molecule has 0 aromatic heterocycles. The molecule has 0 aliphatic carbocycles. The van der Waals surface area contributed by atoms with Crippen molar-refractivity contribution in [3.63, 3.8) is 0 Å². The van der Waals surface area contributed by atoms with Gasteiger partial charge in [-0.3, -0.25) is 0 Å². The number of halogens is 2. The molecule has 3 nitrogen and oxygen atoms in total. The highest BCUT2D eigenvalue weighted by molar-refractivity contribution is 5.66. The van der Waals surface area contributed by atoms with Gasteiger partial charge in [0.05, 0.1) is 13.2 Å². The van der Waals surface area contributed by atoms with Crippen molar-refractivity contribution in [2.75, 3.05) is 26.9 Å². The van der Waals surface area contributed by atoms with Gasteiger partial charge in [0, 0.05) is 19.3 Å². The van der Waals surface area contributed by atoms with E-state index < -0.39 is 11.6 Å². The first-order chi connectivity index (χ1) is 11.7. The molecule has 2 rings (SSSR count). The maximum Gasteiger partial charge on any atom is 0.201 e. The van der Waals surface area contributed by atoms with E-state index in [4.69, 9.17) is 14.2 Å². The Hall–Kier alpha value is -2.14. The molecule has 0 spiro atoms. The summed E-state index contributed by atoms with van der Waals surface area (Å²) in [5, 5.41) is 0. The predicted molar refractivity (Wildman–Crippen MR) is 89.6 cm³/mol. The summed E-state index contributed by atoms with van der Waals surface area (Å²) in [6.45, 7) is 3.31. The van der Waals surface area contributed by atoms with Gasteiger partial charge in [-0.05, 0) is 49.6 Å². The third kappa shape index (κ3) is 4.68. The van der Waals surface area contributed by atoms with Gasteiger partial charge in [-0.25, -0.2) is 4.39 Å². The standard InChI is InChI=1S/C19H22F2O3/c1-3-23-17-11-10-16(18(20)19(17)21)14-6-8-15(9-7-14)24-13-5-4-12-22-2/h6-11H,3-5,12-13H2,1-2H3. The summed E-state index contributed by atoms with van der Waals surface area (Å²) >= 11 is 0. The van der Waals surface area contributed by atoms with Crippen molar-refractivity contribution >= 4 is 0 Å². The lowest BCUT2D eigenvalue weighted by atomic mass is 10.0. The summed E-state index contributed by atoms with van der Waals surface area (Å²) in [7, 11) is 1.67. The maximum absolute atomic E-state index is 14.2. The number of methoxy groups -OCH3 is 1. The van der Waals surface area contributed by atoms with Gasteiger partial charge in [0.15, 0.2) is 11.6 Å². The largest absolute Gasteiger partial charge is 0.494 e. The van der Waals surface area contributed by atoms with Gasteiger partial charge >= 0.3 is 0 Å². The Morgan fingerprint density at radius 3 is 2.21 bits per heavy atom. The van der Waals surface area contributed by atoms with Crippen LogP contribution in [0.4, 0.5) is 8.78 Å². The monoisotopic (exact) mass is 336 g/mol. The first kappa shape index (κ1) is 18.2. The molecule has 0 unspecified atom stereocenters. The van der Waals surface area contributed by atoms with Crippen molar-refractivity contribution in [1.82, 2.24) is 0 Å². The van der Waals surface area contributed by atoms with Crippen LogP contribution < -0.4 is 9.47 Å². The van der Waals surface area contributed by atoms with E-state index in [9.17, 15) is 8.78 Å². The highest BCUT2D eigenvalue weighted by atomic mass is 19.2. The number of ether oxygens (including phenoxy) is 3. The minimum Gasteiger partial charge on any atom is -0.494 e. The SMILES string of the molecule is CCOc1ccc(-c2ccc(OCCCCOC)cc2)c(F)c1F. The molecule has 0 aliphatic heterocycles. The lowest BCUT2D eigenvalue weighted by Gasteiger charge is -2.10. The minimum absolute atomic E-state index is 0.0743. The van der Waals surface area contributed by atoms with Gasteiger partial charge in [0.25, 0.3) is 0 Å². The van der Waals surface area contributed by atoms with Crippen molar-refractivity contribution in [3.05, 3.63) is 48.0 Å². The molecule has 2 aromatic rings. The number of hydrogen-bond donors (Lipinski definition) is 0. The summed E-state index contributed by atoms with van der Waals surface area (Å²) < 4.78 is 43.8. The van der Waals surface area contributed by atoms with E-state index in [-0.39, 0.29) is 17.9 Å². The summed E-state index contributed by atoms with van der Waals surface area (Å²) in [5.41, 5.74) is 0.781. The van der Waals surface area contributed by atoms with E-state index in [1.54, 1.807) is 38.3 Å². The van der Waals surface area contributed by atoms with E-state index in [2.05, 4.69) is 0 Å². The van der Waals surface area contributed by atoms with Gasteiger partial charge in [-0.15, -0.1) is 0 Å². The summed E-state index contributed by atoms with van der Waals surface area (Å²) in [4.78, 5) is 0. The van der Waals surface area contributed by atoms with E-state index in [0.717, 1.165) is 12.8 Å². The fourth-order valence-corrected chi connectivity index (χ4v) is 2.29. The van der Waals surface area contributed by atoms with Crippen molar-refractivity contribution < 1.29 is 23.0 Å². The van der Waals surface area contributed by atoms with Crippen molar-refractivity contribution in [2.45, 2.75) is 19.8 Å². The molecule has 24 heavy (non-hydrogen) atoms. The van der Waals surface area contributed by atoms with Crippen molar-refractivity contribution in [1.29, 1.82) is 0 Å². The molecule has 0 saturated carbocycles. The maximum atomic E-state index is 14.2. The molecule has 0 radical (unpaired) electrons. The topological polar surface area (TPSA) is 27.7 Å². The Balaban J connectivity index is 2.04. The summed E-state index contributed by atoms with van der Waals surface area (Å²) in [6, 6.07) is 9.88. The second kappa shape index (κ2) is 9.23. The van der Waals surface area contributed by atoms with Crippen LogP contribution in [0.5, 0.6) is 11.5 Å². The van der Waals surface area contributed by atoms with Crippen molar-refractivity contribution in [2.24, 2.45) is 0 Å². The molecule has 5 heteroatoms. The quantitative estimate of drug-likeness (QED) is 0.614. The zero-order valence-corrected chi connectivity index (χ0v) is 14.0. The second-order valence-electron chi connectivity index (χ2n) is 5.24. The third-order valence-electron chi connectivity index (χ3n) is 3.52. The zero-order chi connectivity index (χ0) is 17.4. The average Bonchev–Trinajstić information content (AvgIpc) is 2.60. The molecular formula is C19H22F2O3. The van der Waals surface area contributed by atoms with Gasteiger partial charge in [0.1, 0.15) is 5.75 Å². The average molecular weight is 336 g/mol. The first-order valence-corrected chi connectivity index (χ1v) is 8.00. The molecule has 0 N–H and O–H groups in total. The number of unbranched alkanes of at least 4 members (excludes halogenated alkanes) is 1. The van der Waals surface area contributed by atoms with Crippen LogP contribution in [0.15, 0.2) is 36.4 Å². The molecule has 0 bridgehead atoms. The van der Waals surface area contributed by atoms with Crippen LogP contribution in [0.1, 0.15) is 19.8 Å². The van der Waals surface area contributed by atoms with Crippen LogP contribution in [0.2, 0.25) is 0 Å². The Labute approximate surface area is 141 Å². The minimum atomic E-state index is -0.965. The zero-order valence-electron chi connectivity index (χ0n) is 14.0. The fourth-order valence-electron chi connectivity index (χ4n) is 2.29. The molecular weight excluding hydrogens is 314 g/mol. The van der Waals surface area contributed by atoms with E-state index >= 15 is 0 Å². The first-order valence-electron chi connectivity index (χ1n) is 8.00. The third-order valence-corrected chi connectivity index (χ3v) is 3.52. The Bertz CT molecular complexity index is 642. The lowest BCUT2D eigenvalue weighted by Crippen LogP contribution is -2.00. The van der Waals surface area contributed by atoms with Gasteiger partial charge in [0.2, 0.25) is 5.82 Å². The number of benzene rings is 2. The van der Waals surface area contributed by atoms with E-state index in [0.29, 0.717) is 24.5 Å². The van der Waals surface area contributed by atoms with E-state index in [1.165, 1.54) is 12.1 Å². The van der Waals surface area contributed by atoms with Crippen molar-refractivity contribution in [3.8, 4) is 22.6 Å². The predicted octanol–water partition coefficient (Wildman–Crippen LogP) is 4.84. The summed E-state index contributed by atoms with van der Waals surface area (Å²) in [6.07, 6.45) is 1.83.